The standard InChI is InChI=1S/C13H17N3O2/c1-3-18-13(17)10(14)8-11-9-6-4-5-7-12(9)16(2)15-11/h4-7,10H,3,8,14H2,1-2H3. The largest absolute Gasteiger partial charge is 0.465 e. The van der Waals surface area contributed by atoms with Gasteiger partial charge in [-0.05, 0) is 13.0 Å². The minimum Gasteiger partial charge on any atom is -0.465 e. The van der Waals surface area contributed by atoms with E-state index in [0.29, 0.717) is 13.0 Å². The second-order valence-electron chi connectivity index (χ2n) is 4.15. The summed E-state index contributed by atoms with van der Waals surface area (Å²) in [7, 11) is 1.88. The number of aromatic nitrogens is 2. The molecule has 0 bridgehead atoms. The Balaban J connectivity index is 2.24. The molecule has 2 rings (SSSR count). The van der Waals surface area contributed by atoms with Crippen LogP contribution in [0.4, 0.5) is 0 Å². The molecule has 0 saturated heterocycles. The highest BCUT2D eigenvalue weighted by molar-refractivity contribution is 5.83. The molecule has 0 aliphatic heterocycles. The monoisotopic (exact) mass is 247 g/mol. The molecule has 0 saturated carbocycles. The lowest BCUT2D eigenvalue weighted by molar-refractivity contribution is -0.144. The summed E-state index contributed by atoms with van der Waals surface area (Å²) >= 11 is 0. The minimum absolute atomic E-state index is 0.343. The number of carbonyl (C=O) groups is 1. The summed E-state index contributed by atoms with van der Waals surface area (Å²) < 4.78 is 6.69. The second kappa shape index (κ2) is 5.18. The first-order valence-electron chi connectivity index (χ1n) is 5.96. The minimum atomic E-state index is -0.664. The van der Waals surface area contributed by atoms with Gasteiger partial charge in [0.25, 0.3) is 0 Å². The molecule has 0 aliphatic rings. The van der Waals surface area contributed by atoms with Crippen molar-refractivity contribution < 1.29 is 9.53 Å². The fourth-order valence-corrected chi connectivity index (χ4v) is 1.98. The fraction of sp³-hybridized carbons (Fsp3) is 0.385. The van der Waals surface area contributed by atoms with E-state index < -0.39 is 6.04 Å². The Labute approximate surface area is 106 Å². The summed E-state index contributed by atoms with van der Waals surface area (Å²) in [5, 5.41) is 5.43. The maximum absolute atomic E-state index is 11.5. The van der Waals surface area contributed by atoms with Gasteiger partial charge in [-0.3, -0.25) is 9.48 Å². The quantitative estimate of drug-likeness (QED) is 0.818. The van der Waals surface area contributed by atoms with E-state index in [9.17, 15) is 4.79 Å². The van der Waals surface area contributed by atoms with Crippen molar-refractivity contribution in [2.45, 2.75) is 19.4 Å². The third kappa shape index (κ3) is 2.36. The van der Waals surface area contributed by atoms with Crippen LogP contribution in [0.15, 0.2) is 24.3 Å². The van der Waals surface area contributed by atoms with Gasteiger partial charge in [-0.15, -0.1) is 0 Å². The maximum atomic E-state index is 11.5. The number of hydrogen-bond donors (Lipinski definition) is 1. The van der Waals surface area contributed by atoms with Gasteiger partial charge in [-0.1, -0.05) is 18.2 Å². The van der Waals surface area contributed by atoms with Crippen LogP contribution in [0.3, 0.4) is 0 Å². The number of fused-ring (bicyclic) bond motifs is 1. The molecule has 0 fully saturated rings. The molecule has 2 N–H and O–H groups in total. The summed E-state index contributed by atoms with van der Waals surface area (Å²) in [5.74, 6) is -0.382. The molecule has 18 heavy (non-hydrogen) atoms. The van der Waals surface area contributed by atoms with Crippen LogP contribution in [0.1, 0.15) is 12.6 Å². The van der Waals surface area contributed by atoms with Gasteiger partial charge in [0.2, 0.25) is 0 Å². The van der Waals surface area contributed by atoms with E-state index in [0.717, 1.165) is 16.6 Å². The Morgan fingerprint density at radius 1 is 1.50 bits per heavy atom. The average molecular weight is 247 g/mol. The Kier molecular flexibility index (Phi) is 3.62. The van der Waals surface area contributed by atoms with Gasteiger partial charge in [0.05, 0.1) is 17.8 Å². The summed E-state index contributed by atoms with van der Waals surface area (Å²) in [4.78, 5) is 11.5. The highest BCUT2D eigenvalue weighted by Crippen LogP contribution is 2.18. The molecule has 0 aliphatic carbocycles. The number of nitrogens with two attached hydrogens (primary N) is 1. The van der Waals surface area contributed by atoms with Crippen molar-refractivity contribution in [1.29, 1.82) is 0 Å². The first-order valence-corrected chi connectivity index (χ1v) is 5.96. The van der Waals surface area contributed by atoms with Gasteiger partial charge in [-0.2, -0.15) is 5.10 Å². The van der Waals surface area contributed by atoms with Gasteiger partial charge in [0.1, 0.15) is 6.04 Å². The number of hydrogen-bond acceptors (Lipinski definition) is 4. The van der Waals surface area contributed by atoms with E-state index in [1.165, 1.54) is 0 Å². The van der Waals surface area contributed by atoms with Crippen LogP contribution in [0.2, 0.25) is 0 Å². The summed E-state index contributed by atoms with van der Waals surface area (Å²) in [6, 6.07) is 7.21. The maximum Gasteiger partial charge on any atom is 0.323 e. The van der Waals surface area contributed by atoms with Crippen molar-refractivity contribution in [3.05, 3.63) is 30.0 Å². The molecule has 0 radical (unpaired) electrons. The zero-order chi connectivity index (χ0) is 13.1. The molecule has 1 aromatic heterocycles. The van der Waals surface area contributed by atoms with Crippen molar-refractivity contribution in [3.63, 3.8) is 0 Å². The smallest absolute Gasteiger partial charge is 0.323 e. The van der Waals surface area contributed by atoms with Crippen LogP contribution in [0.5, 0.6) is 0 Å². The van der Waals surface area contributed by atoms with Crippen LogP contribution >= 0.6 is 0 Å². The molecule has 1 unspecified atom stereocenters. The van der Waals surface area contributed by atoms with E-state index in [2.05, 4.69) is 5.10 Å². The zero-order valence-corrected chi connectivity index (χ0v) is 10.6. The molecule has 0 amide bonds. The van der Waals surface area contributed by atoms with Crippen molar-refractivity contribution in [2.24, 2.45) is 12.8 Å². The first kappa shape index (κ1) is 12.6. The van der Waals surface area contributed by atoms with E-state index in [-0.39, 0.29) is 5.97 Å². The van der Waals surface area contributed by atoms with Crippen molar-refractivity contribution >= 4 is 16.9 Å². The van der Waals surface area contributed by atoms with Gasteiger partial charge in [0, 0.05) is 18.9 Å². The first-order chi connectivity index (χ1) is 8.63. The van der Waals surface area contributed by atoms with Gasteiger partial charge in [-0.25, -0.2) is 0 Å². The van der Waals surface area contributed by atoms with Crippen LogP contribution in [-0.2, 0) is 23.0 Å². The molecule has 1 atom stereocenters. The van der Waals surface area contributed by atoms with Gasteiger partial charge in [0.15, 0.2) is 0 Å². The zero-order valence-electron chi connectivity index (χ0n) is 10.6. The van der Waals surface area contributed by atoms with Crippen LogP contribution < -0.4 is 5.73 Å². The van der Waals surface area contributed by atoms with E-state index in [1.54, 1.807) is 11.6 Å². The number of para-hydroxylation sites is 1. The normalized spacial score (nSPS) is 12.6. The molecule has 0 spiro atoms. The Morgan fingerprint density at radius 2 is 2.22 bits per heavy atom. The number of esters is 1. The molecule has 96 valence electrons. The summed E-state index contributed by atoms with van der Waals surface area (Å²) in [6.07, 6.45) is 0.389. The number of rotatable bonds is 4. The average Bonchev–Trinajstić information content (AvgIpc) is 2.67. The predicted octanol–water partition coefficient (Wildman–Crippen LogP) is 1.01. The Hall–Kier alpha value is -1.88. The molecular weight excluding hydrogens is 230 g/mol. The Morgan fingerprint density at radius 3 is 2.94 bits per heavy atom. The topological polar surface area (TPSA) is 70.1 Å². The van der Waals surface area contributed by atoms with Gasteiger partial charge >= 0.3 is 5.97 Å². The van der Waals surface area contributed by atoms with Crippen LogP contribution in [0, 0.1) is 0 Å². The summed E-state index contributed by atoms with van der Waals surface area (Å²) in [6.45, 7) is 2.11. The van der Waals surface area contributed by atoms with Gasteiger partial charge < -0.3 is 10.5 Å². The summed E-state index contributed by atoms with van der Waals surface area (Å²) in [5.41, 5.74) is 7.67. The molecular formula is C13H17N3O2. The van der Waals surface area contributed by atoms with Crippen molar-refractivity contribution in [1.82, 2.24) is 9.78 Å². The fourth-order valence-electron chi connectivity index (χ4n) is 1.98. The van der Waals surface area contributed by atoms with E-state index in [4.69, 9.17) is 10.5 Å². The van der Waals surface area contributed by atoms with Crippen molar-refractivity contribution in [2.75, 3.05) is 6.61 Å². The number of aryl methyl sites for hydroxylation is 1. The highest BCUT2D eigenvalue weighted by Gasteiger charge is 2.18. The van der Waals surface area contributed by atoms with Crippen molar-refractivity contribution in [3.8, 4) is 0 Å². The number of benzene rings is 1. The third-order valence-corrected chi connectivity index (χ3v) is 2.84. The number of nitrogens with zero attached hydrogens (tertiary/aromatic N) is 2. The second-order valence-corrected chi connectivity index (χ2v) is 4.15. The SMILES string of the molecule is CCOC(=O)C(N)Cc1nn(C)c2ccccc12. The lowest BCUT2D eigenvalue weighted by Gasteiger charge is -2.08. The predicted molar refractivity (Wildman–Crippen MR) is 69.0 cm³/mol. The van der Waals surface area contributed by atoms with E-state index >= 15 is 0 Å². The van der Waals surface area contributed by atoms with E-state index in [1.807, 2.05) is 31.3 Å². The molecule has 1 heterocycles. The molecule has 5 heteroatoms. The number of carbonyl (C=O) groups excluding carboxylic acids is 1. The Bertz CT molecular complexity index is 562. The number of ether oxygens (including phenoxy) is 1. The third-order valence-electron chi connectivity index (χ3n) is 2.84. The lowest BCUT2D eigenvalue weighted by atomic mass is 10.1. The highest BCUT2D eigenvalue weighted by atomic mass is 16.5. The van der Waals surface area contributed by atoms with Crippen LogP contribution in [-0.4, -0.2) is 28.4 Å². The molecule has 1 aromatic carbocycles. The molecule has 5 nitrogen and oxygen atoms in total. The molecule has 2 aromatic rings. The van der Waals surface area contributed by atoms with Crippen LogP contribution in [0.25, 0.3) is 10.9 Å². The lowest BCUT2D eigenvalue weighted by Crippen LogP contribution is -2.34.